The summed E-state index contributed by atoms with van der Waals surface area (Å²) >= 11 is 0. The molecule has 0 N–H and O–H groups in total. The summed E-state index contributed by atoms with van der Waals surface area (Å²) in [5, 5.41) is 6.16. The van der Waals surface area contributed by atoms with E-state index in [-0.39, 0.29) is 5.91 Å². The number of amides is 1. The molecule has 0 aromatic heterocycles. The molecule has 2 atom stereocenters. The lowest BCUT2D eigenvalue weighted by Gasteiger charge is -2.41. The molecule has 0 radical (unpaired) electrons. The predicted octanol–water partition coefficient (Wildman–Crippen LogP) is 4.42. The maximum Gasteiger partial charge on any atom is 0.256 e. The number of nitrogens with zero attached hydrogens (tertiary/aromatic N) is 4. The van der Waals surface area contributed by atoms with Gasteiger partial charge in [-0.05, 0) is 42.6 Å². The minimum Gasteiger partial charge on any atom is -0.301 e. The van der Waals surface area contributed by atoms with Gasteiger partial charge in [0.1, 0.15) is 5.41 Å². The van der Waals surface area contributed by atoms with Crippen LogP contribution in [-0.2, 0) is 26.7 Å². The average Bonchev–Trinajstić information content (AvgIpc) is 3.22. The van der Waals surface area contributed by atoms with E-state index in [1.54, 1.807) is 38.4 Å². The summed E-state index contributed by atoms with van der Waals surface area (Å²) in [5.74, 6) is 0.0514. The molecule has 5 rings (SSSR count). The van der Waals surface area contributed by atoms with Gasteiger partial charge in [0.2, 0.25) is 10.0 Å². The maximum absolute atomic E-state index is 13.5. The van der Waals surface area contributed by atoms with Crippen LogP contribution in [0, 0.1) is 5.41 Å². The Morgan fingerprint density at radius 3 is 2.20 bits per heavy atom. The van der Waals surface area contributed by atoms with E-state index in [1.165, 1.54) is 9.31 Å². The van der Waals surface area contributed by atoms with E-state index in [0.29, 0.717) is 24.4 Å². The van der Waals surface area contributed by atoms with Crippen molar-refractivity contribution in [2.75, 3.05) is 40.3 Å². The Balaban J connectivity index is 1.37. The van der Waals surface area contributed by atoms with E-state index in [0.717, 1.165) is 42.8 Å². The number of hydrazone groups is 1. The van der Waals surface area contributed by atoms with Crippen molar-refractivity contribution in [1.29, 1.82) is 0 Å². The van der Waals surface area contributed by atoms with Crippen LogP contribution in [0.2, 0.25) is 0 Å². The highest BCUT2D eigenvalue weighted by Gasteiger charge is 2.52. The first-order valence-corrected chi connectivity index (χ1v) is 15.3. The van der Waals surface area contributed by atoms with Gasteiger partial charge in [0.15, 0.2) is 0 Å². The summed E-state index contributed by atoms with van der Waals surface area (Å²) < 4.78 is 28.3. The molecule has 210 valence electrons. The van der Waals surface area contributed by atoms with Gasteiger partial charge in [-0.25, -0.2) is 17.7 Å². The zero-order chi connectivity index (χ0) is 28.4. The van der Waals surface area contributed by atoms with Gasteiger partial charge >= 0.3 is 0 Å². The fourth-order valence-electron chi connectivity index (χ4n) is 6.21. The first-order chi connectivity index (χ1) is 19.1. The number of likely N-dealkylation sites (N-methyl/N-ethyl adjacent to an activating group) is 1. The smallest absolute Gasteiger partial charge is 0.256 e. The van der Waals surface area contributed by atoms with Crippen LogP contribution < -0.4 is 0 Å². The molecule has 0 saturated carbocycles. The zero-order valence-electron chi connectivity index (χ0n) is 23.5. The number of benzene rings is 3. The van der Waals surface area contributed by atoms with Gasteiger partial charge in [-0.1, -0.05) is 85.8 Å². The quantitative estimate of drug-likeness (QED) is 0.369. The number of hydrogen-bond acceptors (Lipinski definition) is 5. The normalized spacial score (nSPS) is 21.2. The summed E-state index contributed by atoms with van der Waals surface area (Å²) in [5.41, 5.74) is 2.10. The van der Waals surface area contributed by atoms with Gasteiger partial charge in [-0.15, -0.1) is 0 Å². The van der Waals surface area contributed by atoms with Crippen LogP contribution in [0.1, 0.15) is 30.9 Å². The van der Waals surface area contributed by atoms with Crippen LogP contribution in [0.4, 0.5) is 0 Å². The molecule has 3 aromatic carbocycles. The Morgan fingerprint density at radius 1 is 0.950 bits per heavy atom. The molecule has 0 spiro atoms. The van der Waals surface area contributed by atoms with Crippen molar-refractivity contribution >= 4 is 21.6 Å². The molecule has 3 aromatic rings. The van der Waals surface area contributed by atoms with Gasteiger partial charge in [0.05, 0.1) is 10.6 Å². The number of hydrogen-bond donors (Lipinski definition) is 0. The second-order valence-corrected chi connectivity index (χ2v) is 13.4. The highest BCUT2D eigenvalue weighted by Crippen LogP contribution is 2.39. The monoisotopic (exact) mass is 558 g/mol. The fourth-order valence-corrected chi connectivity index (χ4v) is 7.52. The van der Waals surface area contributed by atoms with Crippen molar-refractivity contribution in [3.8, 4) is 0 Å². The molecule has 40 heavy (non-hydrogen) atoms. The van der Waals surface area contributed by atoms with E-state index in [2.05, 4.69) is 41.2 Å². The van der Waals surface area contributed by atoms with Gasteiger partial charge in [-0.2, -0.15) is 5.10 Å². The van der Waals surface area contributed by atoms with Gasteiger partial charge in [0.25, 0.3) is 5.91 Å². The first kappa shape index (κ1) is 28.2. The summed E-state index contributed by atoms with van der Waals surface area (Å²) in [6.07, 6.45) is 2.11. The summed E-state index contributed by atoms with van der Waals surface area (Å²) in [7, 11) is -0.227. The van der Waals surface area contributed by atoms with Crippen molar-refractivity contribution in [3.63, 3.8) is 0 Å². The van der Waals surface area contributed by atoms with Crippen LogP contribution in [0.3, 0.4) is 0 Å². The van der Waals surface area contributed by atoms with Crippen molar-refractivity contribution < 1.29 is 13.2 Å². The van der Waals surface area contributed by atoms with Crippen molar-refractivity contribution in [2.45, 2.75) is 36.5 Å². The van der Waals surface area contributed by atoms with Crippen molar-refractivity contribution in [3.05, 3.63) is 102 Å². The van der Waals surface area contributed by atoms with Crippen molar-refractivity contribution in [1.82, 2.24) is 14.2 Å². The van der Waals surface area contributed by atoms with E-state index in [4.69, 9.17) is 0 Å². The number of fused-ring (bicyclic) bond motifs is 1. The number of sulfonamides is 1. The standard InChI is InChI=1S/C32H38N4O3S/c1-31(27-15-9-5-10-16-27,24-34(2)40(38,39)28-17-11-6-12-18-28)20-22-36-21-19-29-32(25-36,30(37)35(3)33-29)23-26-13-7-4-8-14-26/h4-18H,19-25H2,1-3H3/t31-,32?/m1/s1. The number of piperidine rings is 1. The Bertz CT molecular complexity index is 1460. The molecule has 1 fully saturated rings. The Kier molecular flexibility index (Phi) is 7.95. The fraction of sp³-hybridized carbons (Fsp3) is 0.375. The minimum atomic E-state index is -3.64. The molecule has 1 unspecified atom stereocenters. The van der Waals surface area contributed by atoms with E-state index >= 15 is 0 Å². The van der Waals surface area contributed by atoms with Crippen LogP contribution in [-0.4, -0.2) is 74.5 Å². The average molecular weight is 559 g/mol. The maximum atomic E-state index is 13.5. The molecular formula is C32H38N4O3S. The Morgan fingerprint density at radius 2 is 1.55 bits per heavy atom. The SMILES string of the molecule is CN1N=C2CCN(CC[C@](C)(CN(C)S(=O)(=O)c3ccccc3)c3ccccc3)CC2(Cc2ccccc2)C1=O. The molecule has 2 aliphatic heterocycles. The van der Waals surface area contributed by atoms with E-state index in [1.807, 2.05) is 42.5 Å². The lowest BCUT2D eigenvalue weighted by Crippen LogP contribution is -2.54. The molecular weight excluding hydrogens is 520 g/mol. The van der Waals surface area contributed by atoms with Gasteiger partial charge in [-0.3, -0.25) is 4.79 Å². The zero-order valence-corrected chi connectivity index (χ0v) is 24.3. The van der Waals surface area contributed by atoms with Crippen LogP contribution >= 0.6 is 0 Å². The highest BCUT2D eigenvalue weighted by molar-refractivity contribution is 7.89. The summed E-state index contributed by atoms with van der Waals surface area (Å²) in [6.45, 7) is 4.65. The number of carbonyl (C=O) groups is 1. The van der Waals surface area contributed by atoms with Crippen LogP contribution in [0.5, 0.6) is 0 Å². The first-order valence-electron chi connectivity index (χ1n) is 13.8. The van der Waals surface area contributed by atoms with E-state index < -0.39 is 20.9 Å². The number of likely N-dealkylation sites (tertiary alicyclic amines) is 1. The summed E-state index contributed by atoms with van der Waals surface area (Å²) in [4.78, 5) is 16.2. The third-order valence-electron chi connectivity index (χ3n) is 8.51. The Labute approximate surface area is 238 Å². The van der Waals surface area contributed by atoms with Gasteiger partial charge in [0, 0.05) is 45.6 Å². The number of rotatable bonds is 10. The predicted molar refractivity (Wildman–Crippen MR) is 159 cm³/mol. The topological polar surface area (TPSA) is 73.3 Å². The van der Waals surface area contributed by atoms with Crippen LogP contribution in [0.15, 0.2) is 101 Å². The third kappa shape index (κ3) is 5.48. The van der Waals surface area contributed by atoms with Gasteiger partial charge < -0.3 is 4.90 Å². The third-order valence-corrected chi connectivity index (χ3v) is 10.3. The lowest BCUT2D eigenvalue weighted by molar-refractivity contribution is -0.136. The molecule has 2 heterocycles. The van der Waals surface area contributed by atoms with Crippen molar-refractivity contribution in [2.24, 2.45) is 10.5 Å². The molecule has 0 bridgehead atoms. The van der Waals surface area contributed by atoms with E-state index in [9.17, 15) is 13.2 Å². The summed E-state index contributed by atoms with van der Waals surface area (Å²) in [6, 6.07) is 28.9. The molecule has 8 heteroatoms. The molecule has 1 saturated heterocycles. The largest absolute Gasteiger partial charge is 0.301 e. The molecule has 0 aliphatic carbocycles. The second-order valence-electron chi connectivity index (χ2n) is 11.4. The number of carbonyl (C=O) groups excluding carboxylic acids is 1. The Hall–Kier alpha value is -3.33. The van der Waals surface area contributed by atoms with Crippen LogP contribution in [0.25, 0.3) is 0 Å². The highest BCUT2D eigenvalue weighted by atomic mass is 32.2. The molecule has 1 amide bonds. The second kappa shape index (κ2) is 11.3. The molecule has 7 nitrogen and oxygen atoms in total. The molecule has 2 aliphatic rings. The lowest BCUT2D eigenvalue weighted by atomic mass is 9.73. The minimum absolute atomic E-state index is 0.0514.